The molecule has 5 atom stereocenters. The molecule has 2 heterocycles. The van der Waals surface area contributed by atoms with Crippen LogP contribution in [0.5, 0.6) is 0 Å². The van der Waals surface area contributed by atoms with Gasteiger partial charge in [0.05, 0.1) is 38.1 Å². The molecule has 2 aliphatic rings. The van der Waals surface area contributed by atoms with Gasteiger partial charge in [-0.2, -0.15) is 0 Å². The lowest BCUT2D eigenvalue weighted by Gasteiger charge is -2.26. The number of carbonyl (C=O) groups is 1. The number of ether oxygens (including phenoxy) is 5. The van der Waals surface area contributed by atoms with Crippen molar-refractivity contribution in [3.63, 3.8) is 0 Å². The molecule has 2 aliphatic heterocycles. The fourth-order valence-electron chi connectivity index (χ4n) is 4.46. The minimum atomic E-state index is -0.604. The van der Waals surface area contributed by atoms with Crippen LogP contribution in [0.15, 0.2) is 54.6 Å². The van der Waals surface area contributed by atoms with E-state index in [4.69, 9.17) is 23.7 Å². The number of hydrogen-bond donors (Lipinski definition) is 0. The fraction of sp³-hybridized carbons (Fsp3) is 0.519. The van der Waals surface area contributed by atoms with E-state index >= 15 is 0 Å². The molecule has 0 amide bonds. The number of carbonyl (C=O) groups excluding carboxylic acids is 1. The molecule has 33 heavy (non-hydrogen) atoms. The van der Waals surface area contributed by atoms with Crippen molar-refractivity contribution in [1.29, 1.82) is 0 Å². The molecule has 0 spiro atoms. The molecule has 6 heteroatoms. The van der Waals surface area contributed by atoms with Crippen molar-refractivity contribution in [3.8, 4) is 0 Å². The number of benzene rings is 2. The molecular weight excluding hydrogens is 420 g/mol. The highest BCUT2D eigenvalue weighted by atomic mass is 16.7. The largest absolute Gasteiger partial charge is 0.369 e. The average Bonchev–Trinajstić information content (AvgIpc) is 3.31. The lowest BCUT2D eigenvalue weighted by molar-refractivity contribution is -0.145. The van der Waals surface area contributed by atoms with Gasteiger partial charge in [-0.1, -0.05) is 60.2 Å². The predicted molar refractivity (Wildman–Crippen MR) is 124 cm³/mol. The molecule has 0 radical (unpaired) electrons. The Kier molecular flexibility index (Phi) is 7.94. The Balaban J connectivity index is 1.49. The van der Waals surface area contributed by atoms with Gasteiger partial charge in [0.2, 0.25) is 0 Å². The summed E-state index contributed by atoms with van der Waals surface area (Å²) in [6.07, 6.45) is 0.352. The lowest BCUT2D eigenvalue weighted by atomic mass is 10.0. The Morgan fingerprint density at radius 3 is 2.18 bits per heavy atom. The van der Waals surface area contributed by atoms with Gasteiger partial charge in [0, 0.05) is 12.8 Å². The van der Waals surface area contributed by atoms with Gasteiger partial charge in [0.15, 0.2) is 5.79 Å². The quantitative estimate of drug-likeness (QED) is 0.497. The van der Waals surface area contributed by atoms with Gasteiger partial charge in [0.1, 0.15) is 18.5 Å². The third kappa shape index (κ3) is 6.49. The van der Waals surface area contributed by atoms with Crippen molar-refractivity contribution < 1.29 is 28.5 Å². The normalized spacial score (nSPS) is 28.8. The Bertz CT molecular complexity index is 881. The zero-order valence-corrected chi connectivity index (χ0v) is 19.6. The summed E-state index contributed by atoms with van der Waals surface area (Å²) in [7, 11) is 0. The minimum absolute atomic E-state index is 0.0967. The molecule has 2 fully saturated rings. The van der Waals surface area contributed by atoms with Crippen molar-refractivity contribution in [2.24, 2.45) is 0 Å². The van der Waals surface area contributed by atoms with Crippen LogP contribution in [0, 0.1) is 6.92 Å². The predicted octanol–water partition coefficient (Wildman–Crippen LogP) is 4.36. The third-order valence-electron chi connectivity index (χ3n) is 6.15. The Labute approximate surface area is 196 Å². The Morgan fingerprint density at radius 2 is 1.58 bits per heavy atom. The average molecular weight is 455 g/mol. The smallest absolute Gasteiger partial charge is 0.163 e. The Hall–Kier alpha value is -2.09. The number of aryl methyl sites for hydroxylation is 1. The topological polar surface area (TPSA) is 63.2 Å². The monoisotopic (exact) mass is 454 g/mol. The first-order chi connectivity index (χ1) is 15.9. The molecule has 0 bridgehead atoms. The van der Waals surface area contributed by atoms with Crippen molar-refractivity contribution in [2.75, 3.05) is 6.61 Å². The summed E-state index contributed by atoms with van der Waals surface area (Å²) in [5.41, 5.74) is 3.35. The standard InChI is InChI=1S/C27H34O6/c1-19-9-11-21(12-10-19)17-29-25-23(13-14-28)32-24(15-22-18-31-27(2,3)33-22)26(25)30-16-20-7-5-4-6-8-20/h4-12,14,22-26H,13,15-18H2,1-3H3/t22-,23+,24-,25+,26+/m1/s1. The van der Waals surface area contributed by atoms with E-state index in [1.54, 1.807) is 0 Å². The van der Waals surface area contributed by atoms with Crippen LogP contribution < -0.4 is 0 Å². The summed E-state index contributed by atoms with van der Waals surface area (Å²) in [4.78, 5) is 11.4. The van der Waals surface area contributed by atoms with Gasteiger partial charge in [0.25, 0.3) is 0 Å². The van der Waals surface area contributed by atoms with E-state index in [9.17, 15) is 4.79 Å². The maximum absolute atomic E-state index is 11.4. The second-order valence-corrected chi connectivity index (χ2v) is 9.32. The molecule has 6 nitrogen and oxygen atoms in total. The number of hydrogen-bond acceptors (Lipinski definition) is 6. The molecule has 2 aromatic rings. The van der Waals surface area contributed by atoms with E-state index in [1.807, 2.05) is 44.2 Å². The van der Waals surface area contributed by atoms with E-state index in [-0.39, 0.29) is 36.9 Å². The van der Waals surface area contributed by atoms with E-state index in [2.05, 4.69) is 31.2 Å². The van der Waals surface area contributed by atoms with Crippen LogP contribution in [0.2, 0.25) is 0 Å². The fourth-order valence-corrected chi connectivity index (χ4v) is 4.46. The molecule has 178 valence electrons. The van der Waals surface area contributed by atoms with Crippen LogP contribution in [0.3, 0.4) is 0 Å². The van der Waals surface area contributed by atoms with Crippen LogP contribution >= 0.6 is 0 Å². The molecule has 0 saturated carbocycles. The van der Waals surface area contributed by atoms with Crippen molar-refractivity contribution in [3.05, 3.63) is 71.3 Å². The zero-order chi connectivity index (χ0) is 23.3. The lowest BCUT2D eigenvalue weighted by Crippen LogP contribution is -2.39. The maximum Gasteiger partial charge on any atom is 0.163 e. The van der Waals surface area contributed by atoms with Crippen molar-refractivity contribution in [2.45, 2.75) is 83.1 Å². The molecule has 0 aromatic heterocycles. The summed E-state index contributed by atoms with van der Waals surface area (Å²) >= 11 is 0. The van der Waals surface area contributed by atoms with Crippen molar-refractivity contribution >= 4 is 6.29 Å². The van der Waals surface area contributed by atoms with Crippen LogP contribution in [-0.4, -0.2) is 49.2 Å². The van der Waals surface area contributed by atoms with E-state index < -0.39 is 5.79 Å². The Morgan fingerprint density at radius 1 is 0.939 bits per heavy atom. The summed E-state index contributed by atoms with van der Waals surface area (Å²) in [6.45, 7) is 7.26. The number of rotatable bonds is 10. The summed E-state index contributed by atoms with van der Waals surface area (Å²) in [5.74, 6) is -0.604. The number of aldehydes is 1. The first-order valence-electron chi connectivity index (χ1n) is 11.7. The molecule has 4 rings (SSSR count). The summed E-state index contributed by atoms with van der Waals surface area (Å²) < 4.78 is 30.8. The zero-order valence-electron chi connectivity index (χ0n) is 19.6. The minimum Gasteiger partial charge on any atom is -0.369 e. The second-order valence-electron chi connectivity index (χ2n) is 9.32. The van der Waals surface area contributed by atoms with Gasteiger partial charge in [-0.3, -0.25) is 0 Å². The van der Waals surface area contributed by atoms with E-state index in [1.165, 1.54) is 5.56 Å². The van der Waals surface area contributed by atoms with Crippen LogP contribution in [0.1, 0.15) is 43.4 Å². The van der Waals surface area contributed by atoms with E-state index in [0.29, 0.717) is 26.2 Å². The molecule has 2 aromatic carbocycles. The van der Waals surface area contributed by atoms with Crippen LogP contribution in [-0.2, 0) is 41.7 Å². The molecule has 0 aliphatic carbocycles. The SMILES string of the molecule is Cc1ccc(CO[C@@H]2[C@@H](OCc3ccccc3)[C@@H](C[C@@H]3COC(C)(C)O3)O[C@H]2CC=O)cc1. The van der Waals surface area contributed by atoms with Gasteiger partial charge in [-0.25, -0.2) is 0 Å². The highest BCUT2D eigenvalue weighted by Crippen LogP contribution is 2.35. The highest BCUT2D eigenvalue weighted by molar-refractivity contribution is 5.50. The summed E-state index contributed by atoms with van der Waals surface area (Å²) in [5, 5.41) is 0. The molecule has 2 saturated heterocycles. The summed E-state index contributed by atoms with van der Waals surface area (Å²) in [6, 6.07) is 18.3. The molecular formula is C27H34O6. The van der Waals surface area contributed by atoms with Crippen LogP contribution in [0.4, 0.5) is 0 Å². The molecule has 0 N–H and O–H groups in total. The first-order valence-corrected chi connectivity index (χ1v) is 11.7. The second kappa shape index (κ2) is 10.9. The van der Waals surface area contributed by atoms with Gasteiger partial charge in [-0.05, 0) is 31.9 Å². The van der Waals surface area contributed by atoms with Crippen LogP contribution in [0.25, 0.3) is 0 Å². The van der Waals surface area contributed by atoms with Gasteiger partial charge < -0.3 is 28.5 Å². The maximum atomic E-state index is 11.4. The van der Waals surface area contributed by atoms with Gasteiger partial charge in [-0.15, -0.1) is 0 Å². The highest BCUT2D eigenvalue weighted by Gasteiger charge is 2.48. The van der Waals surface area contributed by atoms with Gasteiger partial charge >= 0.3 is 0 Å². The van der Waals surface area contributed by atoms with E-state index in [0.717, 1.165) is 17.4 Å². The third-order valence-corrected chi connectivity index (χ3v) is 6.15. The van der Waals surface area contributed by atoms with Crippen molar-refractivity contribution in [1.82, 2.24) is 0 Å². The first kappa shape index (κ1) is 24.0. The molecule has 0 unspecified atom stereocenters.